The van der Waals surface area contributed by atoms with E-state index in [9.17, 15) is 13.2 Å². The third-order valence-corrected chi connectivity index (χ3v) is 5.55. The first-order valence-electron chi connectivity index (χ1n) is 9.64. The number of nitrogens with one attached hydrogen (secondary N) is 1. The van der Waals surface area contributed by atoms with Crippen LogP contribution in [0.4, 0.5) is 5.69 Å². The lowest BCUT2D eigenvalue weighted by Crippen LogP contribution is -2.15. The molecule has 0 aromatic heterocycles. The van der Waals surface area contributed by atoms with Gasteiger partial charge in [0.1, 0.15) is 18.1 Å². The molecule has 0 atom stereocenters. The van der Waals surface area contributed by atoms with Crippen molar-refractivity contribution in [2.75, 3.05) is 17.9 Å². The third kappa shape index (κ3) is 6.75. The molecule has 0 radical (unpaired) electrons. The Bertz CT molecular complexity index is 1080. The third-order valence-electron chi connectivity index (χ3n) is 4.15. The van der Waals surface area contributed by atoms with Crippen molar-refractivity contribution in [2.45, 2.75) is 18.4 Å². The fraction of sp³-hybridized carbons (Fsp3) is 0.174. The molecule has 7 nitrogen and oxygen atoms in total. The Labute approximate surface area is 181 Å². The molecule has 3 rings (SSSR count). The maximum absolute atomic E-state index is 12.6. The van der Waals surface area contributed by atoms with E-state index in [2.05, 4.69) is 4.72 Å². The van der Waals surface area contributed by atoms with Crippen LogP contribution in [0.3, 0.4) is 0 Å². The molecule has 8 heteroatoms. The van der Waals surface area contributed by atoms with Crippen LogP contribution in [0.1, 0.15) is 12.5 Å². The maximum Gasteiger partial charge on any atom is 0.344 e. The number of carbonyl (C=O) groups excluding carboxylic acids is 1. The minimum atomic E-state index is -3.78. The standard InChI is InChI=1S/C23H23NO6S/c1-2-28-23(25)17-30-21-12-14-22(15-13-21)31(26,27)24-19-8-10-20(11-9-19)29-16-18-6-4-3-5-7-18/h3-15,24H,2,16-17H2,1H3. The van der Waals surface area contributed by atoms with E-state index in [0.29, 0.717) is 23.8 Å². The van der Waals surface area contributed by atoms with Gasteiger partial charge in [0.05, 0.1) is 11.5 Å². The Morgan fingerprint density at radius 2 is 1.45 bits per heavy atom. The number of sulfonamides is 1. The van der Waals surface area contributed by atoms with Gasteiger partial charge in [-0.2, -0.15) is 0 Å². The van der Waals surface area contributed by atoms with Crippen LogP contribution in [0.25, 0.3) is 0 Å². The van der Waals surface area contributed by atoms with E-state index in [1.807, 2.05) is 30.3 Å². The van der Waals surface area contributed by atoms with E-state index < -0.39 is 16.0 Å². The van der Waals surface area contributed by atoms with E-state index in [4.69, 9.17) is 14.2 Å². The summed E-state index contributed by atoms with van der Waals surface area (Å²) in [5, 5.41) is 0. The van der Waals surface area contributed by atoms with E-state index in [1.54, 1.807) is 31.2 Å². The average Bonchev–Trinajstić information content (AvgIpc) is 2.78. The first kappa shape index (κ1) is 22.2. The van der Waals surface area contributed by atoms with Crippen molar-refractivity contribution in [1.82, 2.24) is 0 Å². The monoisotopic (exact) mass is 441 g/mol. The van der Waals surface area contributed by atoms with Crippen LogP contribution in [-0.2, 0) is 26.2 Å². The first-order valence-corrected chi connectivity index (χ1v) is 11.1. The number of rotatable bonds is 10. The molecule has 3 aromatic carbocycles. The summed E-state index contributed by atoms with van der Waals surface area (Å²) in [4.78, 5) is 11.4. The summed E-state index contributed by atoms with van der Waals surface area (Å²) in [5.74, 6) is 0.513. The molecule has 0 unspecified atom stereocenters. The molecule has 162 valence electrons. The van der Waals surface area contributed by atoms with Gasteiger partial charge in [0.25, 0.3) is 10.0 Å². The molecule has 1 N–H and O–H groups in total. The summed E-state index contributed by atoms with van der Waals surface area (Å²) in [6, 6.07) is 22.2. The SMILES string of the molecule is CCOC(=O)COc1ccc(S(=O)(=O)Nc2ccc(OCc3ccccc3)cc2)cc1. The Morgan fingerprint density at radius 3 is 2.10 bits per heavy atom. The van der Waals surface area contributed by atoms with Crippen LogP contribution in [0.15, 0.2) is 83.8 Å². The molecule has 31 heavy (non-hydrogen) atoms. The summed E-state index contributed by atoms with van der Waals surface area (Å²) >= 11 is 0. The summed E-state index contributed by atoms with van der Waals surface area (Å²) in [6.07, 6.45) is 0. The highest BCUT2D eigenvalue weighted by molar-refractivity contribution is 7.92. The van der Waals surface area contributed by atoms with Gasteiger partial charge in [-0.05, 0) is 61.0 Å². The molecule has 3 aromatic rings. The second-order valence-electron chi connectivity index (χ2n) is 6.47. The highest BCUT2D eigenvalue weighted by Crippen LogP contribution is 2.22. The highest BCUT2D eigenvalue weighted by atomic mass is 32.2. The fourth-order valence-electron chi connectivity index (χ4n) is 2.63. The molecule has 0 aliphatic heterocycles. The molecule has 0 aliphatic carbocycles. The van der Waals surface area contributed by atoms with Gasteiger partial charge in [-0.1, -0.05) is 30.3 Å². The predicted molar refractivity (Wildman–Crippen MR) is 117 cm³/mol. The van der Waals surface area contributed by atoms with Gasteiger partial charge >= 0.3 is 5.97 Å². The minimum Gasteiger partial charge on any atom is -0.489 e. The van der Waals surface area contributed by atoms with Crippen molar-refractivity contribution >= 4 is 21.7 Å². The molecule has 0 heterocycles. The zero-order chi connectivity index (χ0) is 22.1. The van der Waals surface area contributed by atoms with Gasteiger partial charge < -0.3 is 14.2 Å². The van der Waals surface area contributed by atoms with Crippen molar-refractivity contribution in [1.29, 1.82) is 0 Å². The van der Waals surface area contributed by atoms with Gasteiger partial charge in [0, 0.05) is 5.69 Å². The average molecular weight is 442 g/mol. The summed E-state index contributed by atoms with van der Waals surface area (Å²) in [6.45, 7) is 2.16. The molecular formula is C23H23NO6S. The Morgan fingerprint density at radius 1 is 0.839 bits per heavy atom. The second-order valence-corrected chi connectivity index (χ2v) is 8.15. The first-order chi connectivity index (χ1) is 15.0. The largest absolute Gasteiger partial charge is 0.489 e. The zero-order valence-electron chi connectivity index (χ0n) is 17.0. The van der Waals surface area contributed by atoms with E-state index in [0.717, 1.165) is 5.56 Å². The van der Waals surface area contributed by atoms with Gasteiger partial charge in [-0.25, -0.2) is 13.2 Å². The number of ether oxygens (including phenoxy) is 3. The van der Waals surface area contributed by atoms with Crippen molar-refractivity contribution in [3.8, 4) is 11.5 Å². The number of benzene rings is 3. The highest BCUT2D eigenvalue weighted by Gasteiger charge is 2.14. The van der Waals surface area contributed by atoms with Crippen LogP contribution in [0.2, 0.25) is 0 Å². The van der Waals surface area contributed by atoms with Crippen LogP contribution < -0.4 is 14.2 Å². The van der Waals surface area contributed by atoms with Crippen molar-refractivity contribution < 1.29 is 27.4 Å². The van der Waals surface area contributed by atoms with Crippen molar-refractivity contribution in [3.63, 3.8) is 0 Å². The van der Waals surface area contributed by atoms with Gasteiger partial charge in [0.15, 0.2) is 6.61 Å². The van der Waals surface area contributed by atoms with Crippen LogP contribution in [0, 0.1) is 0 Å². The molecule has 0 fully saturated rings. The topological polar surface area (TPSA) is 90.9 Å². The Balaban J connectivity index is 1.56. The minimum absolute atomic E-state index is 0.0698. The summed E-state index contributed by atoms with van der Waals surface area (Å²) in [7, 11) is -3.78. The molecule has 0 amide bonds. The lowest BCUT2D eigenvalue weighted by Gasteiger charge is -2.11. The zero-order valence-corrected chi connectivity index (χ0v) is 17.8. The lowest BCUT2D eigenvalue weighted by molar-refractivity contribution is -0.145. The quantitative estimate of drug-likeness (QED) is 0.478. The Hall–Kier alpha value is -3.52. The molecular weight excluding hydrogens is 418 g/mol. The molecule has 0 spiro atoms. The van der Waals surface area contributed by atoms with Gasteiger partial charge in [0.2, 0.25) is 0 Å². The van der Waals surface area contributed by atoms with Crippen LogP contribution >= 0.6 is 0 Å². The number of esters is 1. The summed E-state index contributed by atoms with van der Waals surface area (Å²) in [5.41, 5.74) is 1.46. The fourth-order valence-corrected chi connectivity index (χ4v) is 3.69. The lowest BCUT2D eigenvalue weighted by atomic mass is 10.2. The van der Waals surface area contributed by atoms with Gasteiger partial charge in [-0.15, -0.1) is 0 Å². The van der Waals surface area contributed by atoms with Crippen molar-refractivity contribution in [3.05, 3.63) is 84.4 Å². The molecule has 0 bridgehead atoms. The summed E-state index contributed by atoms with van der Waals surface area (Å²) < 4.78 is 43.5. The van der Waals surface area contributed by atoms with Crippen molar-refractivity contribution in [2.24, 2.45) is 0 Å². The van der Waals surface area contributed by atoms with E-state index in [1.165, 1.54) is 24.3 Å². The number of carbonyl (C=O) groups is 1. The van der Waals surface area contributed by atoms with E-state index in [-0.39, 0.29) is 18.1 Å². The normalized spacial score (nSPS) is 10.9. The number of anilines is 1. The maximum atomic E-state index is 12.6. The van der Waals surface area contributed by atoms with Gasteiger partial charge in [-0.3, -0.25) is 4.72 Å². The number of hydrogen-bond acceptors (Lipinski definition) is 6. The second kappa shape index (κ2) is 10.5. The van der Waals surface area contributed by atoms with Crippen LogP contribution in [-0.4, -0.2) is 27.6 Å². The molecule has 0 saturated heterocycles. The van der Waals surface area contributed by atoms with Crippen LogP contribution in [0.5, 0.6) is 11.5 Å². The number of hydrogen-bond donors (Lipinski definition) is 1. The molecule has 0 aliphatic rings. The predicted octanol–water partition coefficient (Wildman–Crippen LogP) is 4.01. The smallest absolute Gasteiger partial charge is 0.344 e. The van der Waals surface area contributed by atoms with E-state index >= 15 is 0 Å². The molecule has 0 saturated carbocycles. The Kier molecular flexibility index (Phi) is 7.50.